The Kier molecular flexibility index (Phi) is 5.40. The van der Waals surface area contributed by atoms with Crippen molar-refractivity contribution in [3.8, 4) is 17.2 Å². The summed E-state index contributed by atoms with van der Waals surface area (Å²) in [5.74, 6) is 0.393. The van der Waals surface area contributed by atoms with E-state index >= 15 is 0 Å². The molecule has 0 unspecified atom stereocenters. The molecule has 31 heavy (non-hydrogen) atoms. The number of amides is 1. The Morgan fingerprint density at radius 3 is 2.39 bits per heavy atom. The molecule has 156 valence electrons. The molecule has 1 amide bonds. The van der Waals surface area contributed by atoms with Crippen LogP contribution in [0.5, 0.6) is 0 Å². The Balaban J connectivity index is 1.20. The number of allylic oxidation sites excluding steroid dienone is 1. The van der Waals surface area contributed by atoms with Crippen molar-refractivity contribution in [1.82, 2.24) is 10.6 Å². The quantitative estimate of drug-likeness (QED) is 0.766. The number of carbonyl (C=O) groups excluding carboxylic acids is 1. The van der Waals surface area contributed by atoms with Gasteiger partial charge in [-0.3, -0.25) is 9.79 Å². The van der Waals surface area contributed by atoms with Gasteiger partial charge in [0.05, 0.1) is 24.4 Å². The molecule has 2 bridgehead atoms. The van der Waals surface area contributed by atoms with Crippen molar-refractivity contribution < 1.29 is 4.79 Å². The molecule has 2 aromatic rings. The lowest BCUT2D eigenvalue weighted by Crippen LogP contribution is -2.50. The predicted molar refractivity (Wildman–Crippen MR) is 122 cm³/mol. The zero-order valence-corrected chi connectivity index (χ0v) is 17.4. The molecule has 0 spiro atoms. The van der Waals surface area contributed by atoms with E-state index in [0.29, 0.717) is 18.4 Å². The highest BCUT2D eigenvalue weighted by atomic mass is 16.2. The molecule has 3 aliphatic rings. The minimum absolute atomic E-state index is 0.0304. The van der Waals surface area contributed by atoms with Gasteiger partial charge in [-0.2, -0.15) is 5.26 Å². The normalized spacial score (nSPS) is 24.6. The molecule has 1 saturated heterocycles. The maximum Gasteiger partial charge on any atom is 0.238 e. The molecular formula is C26H26N4O. The molecule has 1 aliphatic carbocycles. The van der Waals surface area contributed by atoms with Gasteiger partial charge in [-0.15, -0.1) is 0 Å². The molecule has 0 aromatic heterocycles. The average Bonchev–Trinajstić information content (AvgIpc) is 3.58. The Hall–Kier alpha value is -3.23. The number of benzene rings is 2. The number of nitrogens with one attached hydrogen (secondary N) is 2. The summed E-state index contributed by atoms with van der Waals surface area (Å²) < 4.78 is 0. The van der Waals surface area contributed by atoms with Crippen LogP contribution in [-0.4, -0.2) is 36.3 Å². The summed E-state index contributed by atoms with van der Waals surface area (Å²) in [4.78, 5) is 17.1. The van der Waals surface area contributed by atoms with Crippen LogP contribution in [0.25, 0.3) is 11.1 Å². The molecule has 2 aliphatic heterocycles. The highest BCUT2D eigenvalue weighted by Crippen LogP contribution is 2.35. The molecule has 2 aromatic carbocycles. The van der Waals surface area contributed by atoms with Crippen LogP contribution in [0.1, 0.15) is 30.4 Å². The highest BCUT2D eigenvalue weighted by molar-refractivity contribution is 6.10. The molecule has 1 saturated carbocycles. The van der Waals surface area contributed by atoms with Gasteiger partial charge in [0.25, 0.3) is 0 Å². The number of aliphatic imine (C=N–C) groups is 1. The Morgan fingerprint density at radius 1 is 1.10 bits per heavy atom. The van der Waals surface area contributed by atoms with Gasteiger partial charge >= 0.3 is 0 Å². The zero-order valence-electron chi connectivity index (χ0n) is 17.4. The van der Waals surface area contributed by atoms with Crippen LogP contribution >= 0.6 is 0 Å². The van der Waals surface area contributed by atoms with Crippen molar-refractivity contribution in [2.24, 2.45) is 10.9 Å². The number of piperidine rings is 1. The average molecular weight is 411 g/mol. The molecule has 2 heterocycles. The number of fused-ring (bicyclic) bond motifs is 2. The van der Waals surface area contributed by atoms with Gasteiger partial charge in [0.15, 0.2) is 0 Å². The maximum absolute atomic E-state index is 12.6. The largest absolute Gasteiger partial charge is 0.339 e. The molecule has 5 rings (SSSR count). The zero-order chi connectivity index (χ0) is 21.2. The van der Waals surface area contributed by atoms with Gasteiger partial charge in [-0.25, -0.2) is 0 Å². The summed E-state index contributed by atoms with van der Waals surface area (Å²) in [7, 11) is 0. The van der Waals surface area contributed by atoms with Crippen molar-refractivity contribution in [3.05, 3.63) is 71.8 Å². The smallest absolute Gasteiger partial charge is 0.238 e. The van der Waals surface area contributed by atoms with Crippen LogP contribution in [0.2, 0.25) is 0 Å². The van der Waals surface area contributed by atoms with E-state index in [0.717, 1.165) is 53.8 Å². The number of rotatable bonds is 6. The van der Waals surface area contributed by atoms with Gasteiger partial charge in [-0.1, -0.05) is 54.6 Å². The second kappa shape index (κ2) is 8.49. The van der Waals surface area contributed by atoms with Gasteiger partial charge in [0.1, 0.15) is 6.04 Å². The van der Waals surface area contributed by atoms with Crippen LogP contribution in [0.4, 0.5) is 0 Å². The third kappa shape index (κ3) is 4.17. The minimum atomic E-state index is -0.515. The van der Waals surface area contributed by atoms with Crippen molar-refractivity contribution in [1.29, 1.82) is 5.26 Å². The minimum Gasteiger partial charge on any atom is -0.339 e. The van der Waals surface area contributed by atoms with Crippen LogP contribution in [0, 0.1) is 17.2 Å². The Bertz CT molecular complexity index is 1060. The lowest BCUT2D eigenvalue weighted by atomic mass is 9.97. The summed E-state index contributed by atoms with van der Waals surface area (Å²) in [6.07, 6.45) is 7.99. The van der Waals surface area contributed by atoms with Gasteiger partial charge < -0.3 is 10.6 Å². The van der Waals surface area contributed by atoms with E-state index in [2.05, 4.69) is 70.2 Å². The lowest BCUT2D eigenvalue weighted by Gasteiger charge is -2.23. The third-order valence-corrected chi connectivity index (χ3v) is 6.67. The van der Waals surface area contributed by atoms with Crippen molar-refractivity contribution in [3.63, 3.8) is 0 Å². The first-order chi connectivity index (χ1) is 15.2. The predicted octanol–water partition coefficient (Wildman–Crippen LogP) is 3.40. The second-order valence-corrected chi connectivity index (χ2v) is 8.71. The van der Waals surface area contributed by atoms with Gasteiger partial charge in [0, 0.05) is 12.5 Å². The third-order valence-electron chi connectivity index (χ3n) is 6.67. The number of hydrogen-bond acceptors (Lipinski definition) is 4. The van der Waals surface area contributed by atoms with Crippen LogP contribution < -0.4 is 10.6 Å². The van der Waals surface area contributed by atoms with Gasteiger partial charge in [0.2, 0.25) is 5.91 Å². The van der Waals surface area contributed by atoms with E-state index in [9.17, 15) is 10.1 Å². The topological polar surface area (TPSA) is 77.3 Å². The number of nitriles is 1. The molecule has 4 atom stereocenters. The second-order valence-electron chi connectivity index (χ2n) is 8.71. The summed E-state index contributed by atoms with van der Waals surface area (Å²) in [6, 6.07) is 18.7. The highest BCUT2D eigenvalue weighted by Gasteiger charge is 2.43. The fourth-order valence-electron chi connectivity index (χ4n) is 5.00. The molecule has 0 radical (unpaired) electrons. The van der Waals surface area contributed by atoms with Gasteiger partial charge in [-0.05, 0) is 53.5 Å². The van der Waals surface area contributed by atoms with Crippen LogP contribution in [-0.2, 0) is 11.2 Å². The van der Waals surface area contributed by atoms with E-state index in [1.165, 1.54) is 0 Å². The van der Waals surface area contributed by atoms with E-state index in [4.69, 9.17) is 0 Å². The van der Waals surface area contributed by atoms with Crippen molar-refractivity contribution >= 4 is 11.6 Å². The summed E-state index contributed by atoms with van der Waals surface area (Å²) in [5, 5.41) is 15.9. The molecule has 5 heteroatoms. The fraction of sp³-hybridized carbons (Fsp3) is 0.346. The molecule has 5 nitrogen and oxygen atoms in total. The summed E-state index contributed by atoms with van der Waals surface area (Å²) >= 11 is 0. The summed E-state index contributed by atoms with van der Waals surface area (Å²) in [5.41, 5.74) is 5.48. The first-order valence-corrected chi connectivity index (χ1v) is 11.1. The standard InChI is InChI=1S/C26H26N4O/c27-16-23(30-26(31)25-21-11-12-22(15-21)29-25)14-17-3-5-18(6-4-17)19-7-9-20(10-8-19)24-2-1-13-28-24/h1-10,21-23,25,29H,11-15H2,(H,30,31)/t21-,22+,23-,25-/m0/s1. The molecular weight excluding hydrogens is 384 g/mol. The monoisotopic (exact) mass is 410 g/mol. The van der Waals surface area contributed by atoms with E-state index in [-0.39, 0.29) is 11.9 Å². The van der Waals surface area contributed by atoms with Crippen LogP contribution in [0.15, 0.2) is 65.7 Å². The fourth-order valence-corrected chi connectivity index (χ4v) is 5.00. The molecule has 2 N–H and O–H groups in total. The van der Waals surface area contributed by atoms with E-state index in [1.54, 1.807) is 0 Å². The SMILES string of the molecule is N#C[C@H](Cc1ccc(-c2ccc(C3=NCC=C3)cc2)cc1)NC(=O)[C@H]1N[C@@H]2CC[C@H]1C2. The van der Waals surface area contributed by atoms with Crippen molar-refractivity contribution in [2.45, 2.75) is 43.8 Å². The van der Waals surface area contributed by atoms with Crippen molar-refractivity contribution in [2.75, 3.05) is 6.54 Å². The number of nitrogens with zero attached hydrogens (tertiary/aromatic N) is 2. The maximum atomic E-state index is 12.6. The molecule has 2 fully saturated rings. The van der Waals surface area contributed by atoms with Crippen LogP contribution in [0.3, 0.4) is 0 Å². The Morgan fingerprint density at radius 2 is 1.81 bits per heavy atom. The number of carbonyl (C=O) groups is 1. The van der Waals surface area contributed by atoms with E-state index in [1.807, 2.05) is 12.1 Å². The summed E-state index contributed by atoms with van der Waals surface area (Å²) in [6.45, 7) is 0.765. The first-order valence-electron chi connectivity index (χ1n) is 11.1. The number of hydrogen-bond donors (Lipinski definition) is 2. The Labute approximate surface area is 182 Å². The van der Waals surface area contributed by atoms with E-state index < -0.39 is 6.04 Å². The first kappa shape index (κ1) is 19.7. The lowest BCUT2D eigenvalue weighted by molar-refractivity contribution is -0.124.